The molecule has 7 aromatic carbocycles. The zero-order valence-corrected chi connectivity index (χ0v) is 72.3. The third kappa shape index (κ3) is 24.6. The minimum atomic E-state index is -4.89. The van der Waals surface area contributed by atoms with E-state index in [2.05, 4.69) is 39.1 Å². The van der Waals surface area contributed by atoms with E-state index in [0.717, 1.165) is 73.2 Å². The maximum atomic E-state index is 13.1. The number of methoxy groups -OCH3 is 1. The number of nitrogens with zero attached hydrogens (tertiary/aromatic N) is 6. The summed E-state index contributed by atoms with van der Waals surface area (Å²) < 4.78 is 240. The fourth-order valence-corrected chi connectivity index (χ4v) is 16.5. The average Bonchev–Trinajstić information content (AvgIpc) is 0.794. The molecule has 12 rings (SSSR count). The Labute approximate surface area is 744 Å². The third-order valence-corrected chi connectivity index (χ3v) is 24.3. The topological polar surface area (TPSA) is 380 Å². The van der Waals surface area contributed by atoms with Gasteiger partial charge in [0.05, 0.1) is 107 Å². The number of alkyl halides is 9. The maximum absolute atomic E-state index is 13.1. The van der Waals surface area contributed by atoms with Gasteiger partial charge in [-0.05, 0) is 171 Å². The Bertz CT molecular complexity index is 6810. The van der Waals surface area contributed by atoms with Gasteiger partial charge < -0.3 is 14.6 Å². The van der Waals surface area contributed by atoms with Crippen molar-refractivity contribution in [3.8, 4) is 23.4 Å². The lowest BCUT2D eigenvalue weighted by Gasteiger charge is -2.16. The summed E-state index contributed by atoms with van der Waals surface area (Å²) in [5.41, 5.74) is -4.06. The number of hydrogen-bond donors (Lipinski definition) is 5. The molecular formula is C79H51Cl8F9N10O15S4. The molecule has 5 aromatic heterocycles. The van der Waals surface area contributed by atoms with Crippen molar-refractivity contribution >= 4 is 179 Å². The van der Waals surface area contributed by atoms with Crippen LogP contribution in [0.1, 0.15) is 97.6 Å². The summed E-state index contributed by atoms with van der Waals surface area (Å²) in [7, 11) is -16.3. The predicted octanol–water partition coefficient (Wildman–Crippen LogP) is 21.2. The Hall–Kier alpha value is -11.5. The van der Waals surface area contributed by atoms with Crippen LogP contribution in [0.2, 0.25) is 40.2 Å². The summed E-state index contributed by atoms with van der Waals surface area (Å²) in [4.78, 5) is 67.9. The molecule has 0 unspecified atom stereocenters. The zero-order chi connectivity index (χ0) is 92.4. The van der Waals surface area contributed by atoms with Crippen molar-refractivity contribution in [2.45, 2.75) is 58.9 Å². The first kappa shape index (κ1) is 97.4. The standard InChI is InChI=1S/C20H10Cl2F3N3O3S.C20H13Cl2F3N2O5S.C20H13Cl2F3N2O4S.C19H15Cl2N3O3S/c21-12-7-17(18(27-10-12)19(29)14-4-2-1-3-11(14)9-26)28-32(30,31)13-5-6-16(22)15(8-13)20(23,24)25;1-10-3-2-4-13(19(28)29)17(10)32-18-16(7-11(21)9-26-18)27-33(30,31)12-5-6-15(22)14(8-12)20(23,24)25;1-31-13-4-2-3-11(7-13)19(28)18-17(8-12(21)10-26-18)27-32(29,30)14-5-6-16(22)15(9-14)20(23,24)25;1-11-8-14(5-6-16(11)21)28(26,27)24-17-9-13(20)10-23-18(17)19(25)15-4-3-7-22-12(15)2/h1-8,10,28H;2-9,27H,1H3,(H,28,29);2-10,27H,1H3;3-10,24H,1-2H3. The van der Waals surface area contributed by atoms with E-state index in [1.54, 1.807) is 57.3 Å². The van der Waals surface area contributed by atoms with Crippen LogP contribution in [0.4, 0.5) is 62.3 Å². The number of benzene rings is 7. The number of anilines is 4. The lowest BCUT2D eigenvalue weighted by Crippen LogP contribution is -2.18. The molecular weight excluding hydrogens is 1910 g/mol. The molecule has 5 heterocycles. The molecule has 0 atom stereocenters. The van der Waals surface area contributed by atoms with Crippen LogP contribution in [-0.2, 0) is 58.6 Å². The number of carbonyl (C=O) groups excluding carboxylic acids is 3. The van der Waals surface area contributed by atoms with Crippen molar-refractivity contribution in [3.05, 3.63) is 326 Å². The largest absolute Gasteiger partial charge is 0.497 e. The SMILES string of the molecule is COc1cccc(C(=O)c2ncc(Cl)cc2NS(=O)(=O)c2ccc(Cl)c(C(F)(F)F)c2)c1.Cc1cc(S(=O)(=O)Nc2cc(Cl)cnc2C(=O)c2cccnc2C)ccc1Cl.Cc1cccc(C(=O)O)c1Oc1ncc(Cl)cc1NS(=O)(=O)c1ccc(Cl)c(C(F)(F)F)c1.N#Cc1ccccc1C(=O)c1ncc(Cl)cc1NS(=O)(=O)c1ccc(Cl)c(C(F)(F)F)c1. The van der Waals surface area contributed by atoms with Gasteiger partial charge in [0.2, 0.25) is 23.2 Å². The summed E-state index contributed by atoms with van der Waals surface area (Å²) >= 11 is 46.3. The first-order valence-electron chi connectivity index (χ1n) is 34.1. The minimum Gasteiger partial charge on any atom is -0.497 e. The highest BCUT2D eigenvalue weighted by molar-refractivity contribution is 7.93. The molecule has 5 N–H and O–H groups in total. The number of carbonyl (C=O) groups is 4. The zero-order valence-electron chi connectivity index (χ0n) is 63.0. The first-order chi connectivity index (χ1) is 58.3. The van der Waals surface area contributed by atoms with Gasteiger partial charge in [0.15, 0.2) is 0 Å². The summed E-state index contributed by atoms with van der Waals surface area (Å²) in [5.74, 6) is -3.31. The maximum Gasteiger partial charge on any atom is 0.417 e. The van der Waals surface area contributed by atoms with Crippen LogP contribution >= 0.6 is 92.8 Å². The number of nitrogens with one attached hydrogen (secondary N) is 4. The van der Waals surface area contributed by atoms with Gasteiger partial charge in [-0.2, -0.15) is 44.8 Å². The second-order valence-corrected chi connectivity index (χ2v) is 35.4. The summed E-state index contributed by atoms with van der Waals surface area (Å²) in [6, 6.07) is 36.4. The summed E-state index contributed by atoms with van der Waals surface area (Å²) in [5, 5.41) is 17.2. The van der Waals surface area contributed by atoms with Crippen molar-refractivity contribution in [2.75, 3.05) is 26.0 Å². The average molecular weight is 1960 g/mol. The first-order valence-corrected chi connectivity index (χ1v) is 43.1. The molecule has 0 spiro atoms. The van der Waals surface area contributed by atoms with E-state index in [1.807, 2.05) is 10.8 Å². The predicted molar refractivity (Wildman–Crippen MR) is 447 cm³/mol. The highest BCUT2D eigenvalue weighted by Gasteiger charge is 2.39. The number of rotatable bonds is 22. The van der Waals surface area contributed by atoms with E-state index in [9.17, 15) is 103 Å². The van der Waals surface area contributed by atoms with Crippen LogP contribution in [0.15, 0.2) is 226 Å². The number of ether oxygens (including phenoxy) is 2. The highest BCUT2D eigenvalue weighted by Crippen LogP contribution is 2.42. The molecule has 125 heavy (non-hydrogen) atoms. The second kappa shape index (κ2) is 39.8. The number of para-hydroxylation sites is 1. The molecule has 0 saturated carbocycles. The molecule has 12 aromatic rings. The Morgan fingerprint density at radius 3 is 1.20 bits per heavy atom. The van der Waals surface area contributed by atoms with Crippen molar-refractivity contribution in [1.29, 1.82) is 5.26 Å². The Balaban J connectivity index is 0.000000189. The number of nitriles is 1. The monoisotopic (exact) mass is 1960 g/mol. The van der Waals surface area contributed by atoms with Crippen LogP contribution in [0.25, 0.3) is 0 Å². The molecule has 0 aliphatic rings. The van der Waals surface area contributed by atoms with Crippen LogP contribution < -0.4 is 28.4 Å². The lowest BCUT2D eigenvalue weighted by atomic mass is 10.0. The van der Waals surface area contributed by atoms with Crippen LogP contribution in [-0.4, -0.2) is 94.1 Å². The fourth-order valence-electron chi connectivity index (χ4n) is 10.7. The smallest absolute Gasteiger partial charge is 0.417 e. The van der Waals surface area contributed by atoms with Crippen LogP contribution in [0.5, 0.6) is 17.4 Å². The van der Waals surface area contributed by atoms with Crippen molar-refractivity contribution in [1.82, 2.24) is 24.9 Å². The van der Waals surface area contributed by atoms with Gasteiger partial charge in [-0.3, -0.25) is 38.3 Å². The number of hydrogen-bond acceptors (Lipinski definition) is 20. The number of pyridine rings is 5. The third-order valence-electron chi connectivity index (χ3n) is 16.6. The number of carboxylic acid groups (broad SMARTS) is 1. The lowest BCUT2D eigenvalue weighted by molar-refractivity contribution is -0.138. The number of aromatic nitrogens is 5. The summed E-state index contributed by atoms with van der Waals surface area (Å²) in [6.45, 7) is 4.94. The fraction of sp³-hybridized carbons (Fsp3) is 0.0886. The molecule has 25 nitrogen and oxygen atoms in total. The van der Waals surface area contributed by atoms with Gasteiger partial charge in [-0.1, -0.05) is 129 Å². The summed E-state index contributed by atoms with van der Waals surface area (Å²) in [6.07, 6.45) is -8.44. The van der Waals surface area contributed by atoms with Gasteiger partial charge in [0.1, 0.15) is 39.8 Å². The molecule has 0 aliphatic heterocycles. The van der Waals surface area contributed by atoms with E-state index in [4.69, 9.17) is 102 Å². The molecule has 46 heteroatoms. The Morgan fingerprint density at radius 2 is 0.784 bits per heavy atom. The van der Waals surface area contributed by atoms with Gasteiger partial charge in [0.25, 0.3) is 40.1 Å². The number of aryl methyl sites for hydroxylation is 3. The number of carboxylic acids is 1. The van der Waals surface area contributed by atoms with Gasteiger partial charge in [-0.15, -0.1) is 0 Å². The molecule has 0 fully saturated rings. The van der Waals surface area contributed by atoms with Crippen LogP contribution in [0.3, 0.4) is 0 Å². The van der Waals surface area contributed by atoms with E-state index < -0.39 is 134 Å². The molecule has 0 saturated heterocycles. The number of sulfonamides is 4. The molecule has 650 valence electrons. The second-order valence-electron chi connectivity index (χ2n) is 25.3. The normalized spacial score (nSPS) is 11.6. The quantitative estimate of drug-likeness (QED) is 0.0311. The van der Waals surface area contributed by atoms with Crippen molar-refractivity contribution < 1.29 is 107 Å². The van der Waals surface area contributed by atoms with Crippen LogP contribution in [0, 0.1) is 32.1 Å². The number of ketones is 3. The Morgan fingerprint density at radius 1 is 0.408 bits per heavy atom. The molecule has 0 amide bonds. The molecule has 0 aliphatic carbocycles. The minimum absolute atomic E-state index is 0.00280. The van der Waals surface area contributed by atoms with Gasteiger partial charge in [0, 0.05) is 58.4 Å². The van der Waals surface area contributed by atoms with E-state index in [1.165, 1.54) is 86.1 Å². The van der Waals surface area contributed by atoms with Crippen molar-refractivity contribution in [3.63, 3.8) is 0 Å². The number of aromatic carboxylic acids is 1. The van der Waals surface area contributed by atoms with Gasteiger partial charge in [-0.25, -0.2) is 58.4 Å². The molecule has 0 bridgehead atoms. The van der Waals surface area contributed by atoms with E-state index in [0.29, 0.717) is 51.4 Å². The molecule has 0 radical (unpaired) electrons. The number of halogens is 17. The van der Waals surface area contributed by atoms with Gasteiger partial charge >= 0.3 is 24.5 Å². The van der Waals surface area contributed by atoms with E-state index >= 15 is 0 Å². The van der Waals surface area contributed by atoms with Crippen molar-refractivity contribution in [2.24, 2.45) is 0 Å². The highest BCUT2D eigenvalue weighted by atomic mass is 35.5. The Kier molecular flexibility index (Phi) is 31.0. The van der Waals surface area contributed by atoms with E-state index in [-0.39, 0.29) is 93.0 Å².